The maximum atomic E-state index is 5.67. The second-order valence-corrected chi connectivity index (χ2v) is 5.80. The van der Waals surface area contributed by atoms with Gasteiger partial charge in [-0.15, -0.1) is 0 Å². The molecule has 114 valence electrons. The Morgan fingerprint density at radius 1 is 1.05 bits per heavy atom. The summed E-state index contributed by atoms with van der Waals surface area (Å²) in [6.45, 7) is 11.9. The first-order valence-electron chi connectivity index (χ1n) is 7.62. The summed E-state index contributed by atoms with van der Waals surface area (Å²) in [6, 6.07) is 8.32. The highest BCUT2D eigenvalue weighted by Gasteiger charge is 1.98. The first-order valence-corrected chi connectivity index (χ1v) is 7.62. The first kappa shape index (κ1) is 17.0. The zero-order valence-electron chi connectivity index (χ0n) is 13.3. The third-order valence-corrected chi connectivity index (χ3v) is 2.78. The molecule has 0 aliphatic rings. The Labute approximate surface area is 123 Å². The van der Waals surface area contributed by atoms with Crippen molar-refractivity contribution in [2.75, 3.05) is 19.8 Å². The molecule has 0 saturated carbocycles. The Morgan fingerprint density at radius 2 is 1.75 bits per heavy atom. The molecule has 1 rings (SSSR count). The van der Waals surface area contributed by atoms with Crippen molar-refractivity contribution in [1.29, 1.82) is 0 Å². The van der Waals surface area contributed by atoms with E-state index < -0.39 is 0 Å². The molecule has 0 aliphatic carbocycles. The molecular weight excluding hydrogens is 250 g/mol. The topological polar surface area (TPSA) is 30.5 Å². The summed E-state index contributed by atoms with van der Waals surface area (Å²) < 4.78 is 11.2. The molecule has 0 amide bonds. The Kier molecular flexibility index (Phi) is 8.31. The smallest absolute Gasteiger partial charge is 0.119 e. The fourth-order valence-corrected chi connectivity index (χ4v) is 1.72. The lowest BCUT2D eigenvalue weighted by molar-refractivity contribution is 0.0770. The predicted octanol–water partition coefficient (Wildman–Crippen LogP) is 3.63. The van der Waals surface area contributed by atoms with Gasteiger partial charge in [0.2, 0.25) is 0 Å². The van der Waals surface area contributed by atoms with Crippen LogP contribution in [0.3, 0.4) is 0 Å². The molecule has 0 bridgehead atoms. The lowest BCUT2D eigenvalue weighted by atomic mass is 10.2. The Bertz CT molecular complexity index is 347. The summed E-state index contributed by atoms with van der Waals surface area (Å²) in [5, 5.41) is 3.42. The monoisotopic (exact) mass is 279 g/mol. The van der Waals surface area contributed by atoms with Crippen LogP contribution in [-0.4, -0.2) is 25.9 Å². The van der Waals surface area contributed by atoms with Gasteiger partial charge in [0.1, 0.15) is 5.75 Å². The molecule has 0 atom stereocenters. The number of rotatable bonds is 10. The normalized spacial score (nSPS) is 11.3. The third kappa shape index (κ3) is 8.18. The number of ether oxygens (including phenoxy) is 2. The summed E-state index contributed by atoms with van der Waals surface area (Å²) in [5.74, 6) is 1.51. The molecule has 0 aliphatic heterocycles. The maximum absolute atomic E-state index is 5.67. The van der Waals surface area contributed by atoms with Crippen LogP contribution < -0.4 is 10.1 Å². The zero-order valence-corrected chi connectivity index (χ0v) is 13.3. The molecule has 0 fully saturated rings. The van der Waals surface area contributed by atoms with E-state index in [4.69, 9.17) is 9.47 Å². The van der Waals surface area contributed by atoms with Gasteiger partial charge in [-0.05, 0) is 50.4 Å². The van der Waals surface area contributed by atoms with Gasteiger partial charge < -0.3 is 14.8 Å². The minimum absolute atomic E-state index is 0.327. The van der Waals surface area contributed by atoms with E-state index in [9.17, 15) is 0 Å². The van der Waals surface area contributed by atoms with E-state index in [2.05, 4.69) is 45.1 Å². The van der Waals surface area contributed by atoms with Crippen LogP contribution in [0.15, 0.2) is 24.3 Å². The highest BCUT2D eigenvalue weighted by molar-refractivity contribution is 5.27. The molecule has 0 unspecified atom stereocenters. The van der Waals surface area contributed by atoms with E-state index in [1.54, 1.807) is 0 Å². The van der Waals surface area contributed by atoms with Gasteiger partial charge in [0, 0.05) is 13.2 Å². The van der Waals surface area contributed by atoms with E-state index in [0.717, 1.165) is 38.5 Å². The van der Waals surface area contributed by atoms with E-state index in [0.29, 0.717) is 12.0 Å². The minimum atomic E-state index is 0.327. The van der Waals surface area contributed by atoms with Gasteiger partial charge >= 0.3 is 0 Å². The molecule has 3 nitrogen and oxygen atoms in total. The van der Waals surface area contributed by atoms with Crippen molar-refractivity contribution in [1.82, 2.24) is 5.32 Å². The van der Waals surface area contributed by atoms with Gasteiger partial charge in [-0.3, -0.25) is 0 Å². The highest BCUT2D eigenvalue weighted by Crippen LogP contribution is 2.13. The fraction of sp³-hybridized carbons (Fsp3) is 0.647. The largest absolute Gasteiger partial charge is 0.493 e. The van der Waals surface area contributed by atoms with Crippen LogP contribution in [0.5, 0.6) is 5.75 Å². The average Bonchev–Trinajstić information content (AvgIpc) is 2.41. The Hall–Kier alpha value is -1.06. The van der Waals surface area contributed by atoms with Gasteiger partial charge in [-0.25, -0.2) is 0 Å². The molecule has 1 aromatic rings. The van der Waals surface area contributed by atoms with Crippen molar-refractivity contribution in [3.8, 4) is 5.75 Å². The first-order chi connectivity index (χ1) is 9.58. The number of nitrogens with one attached hydrogen (secondary N) is 1. The van der Waals surface area contributed by atoms with Crippen LogP contribution in [-0.2, 0) is 11.3 Å². The molecule has 0 saturated heterocycles. The van der Waals surface area contributed by atoms with Gasteiger partial charge in [-0.1, -0.05) is 26.0 Å². The van der Waals surface area contributed by atoms with Crippen molar-refractivity contribution < 1.29 is 9.47 Å². The minimum Gasteiger partial charge on any atom is -0.493 e. The summed E-state index contributed by atoms with van der Waals surface area (Å²) in [4.78, 5) is 0. The second kappa shape index (κ2) is 9.78. The van der Waals surface area contributed by atoms with Crippen LogP contribution in [0.2, 0.25) is 0 Å². The summed E-state index contributed by atoms with van der Waals surface area (Å²) in [6.07, 6.45) is 1.38. The summed E-state index contributed by atoms with van der Waals surface area (Å²) in [5.41, 5.74) is 1.28. The third-order valence-electron chi connectivity index (χ3n) is 2.78. The standard InChI is InChI=1S/C17H29NO2/c1-14(2)13-20-17-8-6-16(7-9-17)12-18-10-5-11-19-15(3)4/h6-9,14-15,18H,5,10-13H2,1-4H3. The molecular formula is C17H29NO2. The van der Waals surface area contributed by atoms with E-state index in [1.807, 2.05) is 12.1 Å². The maximum Gasteiger partial charge on any atom is 0.119 e. The van der Waals surface area contributed by atoms with E-state index in [-0.39, 0.29) is 0 Å². The quantitative estimate of drug-likeness (QED) is 0.663. The highest BCUT2D eigenvalue weighted by atomic mass is 16.5. The Balaban J connectivity index is 2.15. The average molecular weight is 279 g/mol. The van der Waals surface area contributed by atoms with Crippen LogP contribution >= 0.6 is 0 Å². The van der Waals surface area contributed by atoms with Crippen molar-refractivity contribution in [3.05, 3.63) is 29.8 Å². The second-order valence-electron chi connectivity index (χ2n) is 5.80. The zero-order chi connectivity index (χ0) is 14.8. The molecule has 1 aromatic carbocycles. The number of benzene rings is 1. The van der Waals surface area contributed by atoms with Crippen molar-refractivity contribution in [3.63, 3.8) is 0 Å². The van der Waals surface area contributed by atoms with Crippen LogP contribution in [0.4, 0.5) is 0 Å². The number of hydrogen-bond donors (Lipinski definition) is 1. The molecule has 0 heterocycles. The molecule has 3 heteroatoms. The van der Waals surface area contributed by atoms with Crippen LogP contribution in [0.1, 0.15) is 39.7 Å². The van der Waals surface area contributed by atoms with E-state index in [1.165, 1.54) is 5.56 Å². The fourth-order valence-electron chi connectivity index (χ4n) is 1.72. The SMILES string of the molecule is CC(C)COc1ccc(CNCCCOC(C)C)cc1. The molecule has 0 spiro atoms. The molecule has 0 aromatic heterocycles. The molecule has 0 radical (unpaired) electrons. The van der Waals surface area contributed by atoms with Gasteiger partial charge in [0.15, 0.2) is 0 Å². The molecule has 1 N–H and O–H groups in total. The number of hydrogen-bond acceptors (Lipinski definition) is 3. The van der Waals surface area contributed by atoms with Crippen LogP contribution in [0, 0.1) is 5.92 Å². The lowest BCUT2D eigenvalue weighted by Gasteiger charge is -2.10. The van der Waals surface area contributed by atoms with Crippen molar-refractivity contribution in [2.45, 2.75) is 46.8 Å². The van der Waals surface area contributed by atoms with E-state index >= 15 is 0 Å². The lowest BCUT2D eigenvalue weighted by Crippen LogP contribution is -2.17. The van der Waals surface area contributed by atoms with Gasteiger partial charge in [-0.2, -0.15) is 0 Å². The van der Waals surface area contributed by atoms with Crippen molar-refractivity contribution >= 4 is 0 Å². The predicted molar refractivity (Wildman–Crippen MR) is 84.2 cm³/mol. The summed E-state index contributed by atoms with van der Waals surface area (Å²) in [7, 11) is 0. The Morgan fingerprint density at radius 3 is 2.35 bits per heavy atom. The summed E-state index contributed by atoms with van der Waals surface area (Å²) >= 11 is 0. The van der Waals surface area contributed by atoms with Gasteiger partial charge in [0.05, 0.1) is 12.7 Å². The van der Waals surface area contributed by atoms with Crippen molar-refractivity contribution in [2.24, 2.45) is 5.92 Å². The van der Waals surface area contributed by atoms with Gasteiger partial charge in [0.25, 0.3) is 0 Å². The van der Waals surface area contributed by atoms with Crippen LogP contribution in [0.25, 0.3) is 0 Å². The molecule has 20 heavy (non-hydrogen) atoms.